The summed E-state index contributed by atoms with van der Waals surface area (Å²) in [6.45, 7) is 2.19. The van der Waals surface area contributed by atoms with Crippen LogP contribution in [-0.2, 0) is 4.79 Å². The molecule has 3 N–H and O–H groups in total. The molecule has 0 heterocycles. The van der Waals surface area contributed by atoms with Crippen LogP contribution in [0.4, 0.5) is 13.2 Å². The number of hydrogen-bond acceptors (Lipinski definition) is 2. The first-order valence-electron chi connectivity index (χ1n) is 4.91. The third-order valence-electron chi connectivity index (χ3n) is 1.99. The highest BCUT2D eigenvalue weighted by Crippen LogP contribution is 2.21. The summed E-state index contributed by atoms with van der Waals surface area (Å²) in [5.41, 5.74) is 5.25. The summed E-state index contributed by atoms with van der Waals surface area (Å²) in [5, 5.41) is 2.53. The Morgan fingerprint density at radius 1 is 1.40 bits per heavy atom. The maximum absolute atomic E-state index is 11.7. The molecule has 0 aliphatic carbocycles. The number of amides is 1. The standard InChI is InChI=1S/C9H17F3N2O/c1-7(6-13)8(15)14-5-3-2-4-9(10,11)12/h7H,2-6,13H2,1H3,(H,14,15). The largest absolute Gasteiger partial charge is 0.389 e. The number of nitrogens with one attached hydrogen (secondary N) is 1. The molecular formula is C9H17F3N2O. The number of unbranched alkanes of at least 4 members (excludes halogenated alkanes) is 1. The fourth-order valence-corrected chi connectivity index (χ4v) is 0.943. The lowest BCUT2D eigenvalue weighted by atomic mass is 10.1. The molecule has 0 radical (unpaired) electrons. The van der Waals surface area contributed by atoms with Gasteiger partial charge in [-0.1, -0.05) is 6.92 Å². The van der Waals surface area contributed by atoms with E-state index in [0.717, 1.165) is 0 Å². The summed E-state index contributed by atoms with van der Waals surface area (Å²) < 4.78 is 35.2. The minimum atomic E-state index is -4.10. The van der Waals surface area contributed by atoms with Crippen LogP contribution in [0.15, 0.2) is 0 Å². The molecule has 0 aliphatic heterocycles. The number of carbonyl (C=O) groups excluding carboxylic acids is 1. The molecular weight excluding hydrogens is 209 g/mol. The smallest absolute Gasteiger partial charge is 0.356 e. The SMILES string of the molecule is CC(CN)C(=O)NCCCCC(F)(F)F. The molecule has 0 aromatic rings. The quantitative estimate of drug-likeness (QED) is 0.673. The van der Waals surface area contributed by atoms with Crippen LogP contribution in [0.2, 0.25) is 0 Å². The minimum Gasteiger partial charge on any atom is -0.356 e. The van der Waals surface area contributed by atoms with Gasteiger partial charge in [-0.05, 0) is 12.8 Å². The molecule has 0 fully saturated rings. The van der Waals surface area contributed by atoms with Crippen molar-refractivity contribution in [2.24, 2.45) is 11.7 Å². The van der Waals surface area contributed by atoms with Gasteiger partial charge < -0.3 is 11.1 Å². The topological polar surface area (TPSA) is 55.1 Å². The van der Waals surface area contributed by atoms with Crippen LogP contribution in [0.1, 0.15) is 26.2 Å². The Hall–Kier alpha value is -0.780. The zero-order chi connectivity index (χ0) is 11.9. The molecule has 1 amide bonds. The van der Waals surface area contributed by atoms with Crippen molar-refractivity contribution in [3.05, 3.63) is 0 Å². The zero-order valence-corrected chi connectivity index (χ0v) is 8.73. The fraction of sp³-hybridized carbons (Fsp3) is 0.889. The van der Waals surface area contributed by atoms with E-state index in [0.29, 0.717) is 6.42 Å². The first-order valence-corrected chi connectivity index (χ1v) is 4.91. The van der Waals surface area contributed by atoms with E-state index in [1.54, 1.807) is 6.92 Å². The van der Waals surface area contributed by atoms with E-state index in [9.17, 15) is 18.0 Å². The molecule has 3 nitrogen and oxygen atoms in total. The predicted molar refractivity (Wildman–Crippen MR) is 51.1 cm³/mol. The second kappa shape index (κ2) is 6.66. The summed E-state index contributed by atoms with van der Waals surface area (Å²) in [7, 11) is 0. The molecule has 0 aromatic heterocycles. The Kier molecular flexibility index (Phi) is 6.31. The van der Waals surface area contributed by atoms with Crippen molar-refractivity contribution >= 4 is 5.91 Å². The van der Waals surface area contributed by atoms with Gasteiger partial charge in [0, 0.05) is 25.4 Å². The van der Waals surface area contributed by atoms with Crippen LogP contribution in [0, 0.1) is 5.92 Å². The number of carbonyl (C=O) groups is 1. The van der Waals surface area contributed by atoms with Gasteiger partial charge in [-0.25, -0.2) is 0 Å². The second-order valence-electron chi connectivity index (χ2n) is 3.50. The lowest BCUT2D eigenvalue weighted by Crippen LogP contribution is -2.33. The van der Waals surface area contributed by atoms with Crippen LogP contribution in [0.5, 0.6) is 0 Å². The van der Waals surface area contributed by atoms with Gasteiger partial charge in [-0.2, -0.15) is 13.2 Å². The van der Waals surface area contributed by atoms with E-state index in [2.05, 4.69) is 5.32 Å². The lowest BCUT2D eigenvalue weighted by molar-refractivity contribution is -0.135. The average Bonchev–Trinajstić information content (AvgIpc) is 2.14. The molecule has 0 saturated carbocycles. The third kappa shape index (κ3) is 8.23. The van der Waals surface area contributed by atoms with Crippen LogP contribution in [0.25, 0.3) is 0 Å². The second-order valence-corrected chi connectivity index (χ2v) is 3.50. The summed E-state index contributed by atoms with van der Waals surface area (Å²) in [5.74, 6) is -0.489. The monoisotopic (exact) mass is 226 g/mol. The van der Waals surface area contributed by atoms with Crippen LogP contribution < -0.4 is 11.1 Å². The minimum absolute atomic E-state index is 0.0424. The van der Waals surface area contributed by atoms with E-state index >= 15 is 0 Å². The van der Waals surface area contributed by atoms with Crippen LogP contribution in [-0.4, -0.2) is 25.2 Å². The van der Waals surface area contributed by atoms with Gasteiger partial charge in [0.2, 0.25) is 5.91 Å². The number of nitrogens with two attached hydrogens (primary N) is 1. The van der Waals surface area contributed by atoms with Crippen molar-refractivity contribution in [2.75, 3.05) is 13.1 Å². The van der Waals surface area contributed by atoms with Gasteiger partial charge in [0.25, 0.3) is 0 Å². The predicted octanol–water partition coefficient (Wildman–Crippen LogP) is 1.43. The van der Waals surface area contributed by atoms with Crippen molar-refractivity contribution in [1.29, 1.82) is 0 Å². The Labute approximate surface area is 87.2 Å². The first kappa shape index (κ1) is 14.2. The molecule has 0 rings (SSSR count). The zero-order valence-electron chi connectivity index (χ0n) is 8.73. The molecule has 0 saturated heterocycles. The van der Waals surface area contributed by atoms with Crippen LogP contribution >= 0.6 is 0 Å². The summed E-state index contributed by atoms with van der Waals surface area (Å²) in [6, 6.07) is 0. The Bertz CT molecular complexity index is 194. The molecule has 15 heavy (non-hydrogen) atoms. The van der Waals surface area contributed by atoms with Gasteiger partial charge in [0.1, 0.15) is 0 Å². The lowest BCUT2D eigenvalue weighted by Gasteiger charge is -2.10. The number of alkyl halides is 3. The third-order valence-corrected chi connectivity index (χ3v) is 1.99. The van der Waals surface area contributed by atoms with Gasteiger partial charge in [-0.15, -0.1) is 0 Å². The van der Waals surface area contributed by atoms with Gasteiger partial charge >= 0.3 is 6.18 Å². The van der Waals surface area contributed by atoms with E-state index < -0.39 is 12.6 Å². The van der Waals surface area contributed by atoms with Gasteiger partial charge in [0.05, 0.1) is 0 Å². The maximum Gasteiger partial charge on any atom is 0.389 e. The van der Waals surface area contributed by atoms with Crippen LogP contribution in [0.3, 0.4) is 0 Å². The number of rotatable bonds is 6. The molecule has 0 aliphatic rings. The number of halogens is 3. The molecule has 0 aromatic carbocycles. The maximum atomic E-state index is 11.7. The highest BCUT2D eigenvalue weighted by atomic mass is 19.4. The Morgan fingerprint density at radius 3 is 2.47 bits per heavy atom. The van der Waals surface area contributed by atoms with E-state index in [1.165, 1.54) is 0 Å². The van der Waals surface area contributed by atoms with Crippen molar-refractivity contribution in [3.8, 4) is 0 Å². The highest BCUT2D eigenvalue weighted by molar-refractivity contribution is 5.78. The molecule has 0 bridgehead atoms. The van der Waals surface area contributed by atoms with E-state index in [1.807, 2.05) is 0 Å². The Balaban J connectivity index is 3.43. The van der Waals surface area contributed by atoms with Crippen molar-refractivity contribution in [3.63, 3.8) is 0 Å². The van der Waals surface area contributed by atoms with E-state index in [4.69, 9.17) is 5.73 Å². The normalized spacial score (nSPS) is 13.7. The molecule has 1 unspecified atom stereocenters. The highest BCUT2D eigenvalue weighted by Gasteiger charge is 2.25. The average molecular weight is 226 g/mol. The number of hydrogen-bond donors (Lipinski definition) is 2. The van der Waals surface area contributed by atoms with Gasteiger partial charge in [0.15, 0.2) is 0 Å². The fourth-order valence-electron chi connectivity index (χ4n) is 0.943. The molecule has 1 atom stereocenters. The molecule has 90 valence electrons. The van der Waals surface area contributed by atoms with Crippen molar-refractivity contribution in [1.82, 2.24) is 5.32 Å². The van der Waals surface area contributed by atoms with Gasteiger partial charge in [-0.3, -0.25) is 4.79 Å². The Morgan fingerprint density at radius 2 is 2.00 bits per heavy atom. The summed E-state index contributed by atoms with van der Waals surface area (Å²) in [4.78, 5) is 11.1. The van der Waals surface area contributed by atoms with Crippen molar-refractivity contribution < 1.29 is 18.0 Å². The van der Waals surface area contributed by atoms with E-state index in [-0.39, 0.29) is 31.3 Å². The van der Waals surface area contributed by atoms with Crippen molar-refractivity contribution in [2.45, 2.75) is 32.4 Å². The molecule has 0 spiro atoms. The first-order chi connectivity index (χ1) is 6.87. The summed E-state index contributed by atoms with van der Waals surface area (Å²) in [6.07, 6.45) is -4.52. The summed E-state index contributed by atoms with van der Waals surface area (Å²) >= 11 is 0. The molecule has 6 heteroatoms.